The van der Waals surface area contributed by atoms with E-state index in [9.17, 15) is 9.90 Å². The number of aromatic hydroxyl groups is 1. The summed E-state index contributed by atoms with van der Waals surface area (Å²) in [5, 5.41) is 9.25. The third kappa shape index (κ3) is 10.4. The van der Waals surface area contributed by atoms with E-state index in [1.54, 1.807) is 23.9 Å². The molecule has 0 saturated carbocycles. The van der Waals surface area contributed by atoms with Gasteiger partial charge in [0.1, 0.15) is 11.0 Å². The number of thioether (sulfide) groups is 1. The lowest BCUT2D eigenvalue weighted by atomic mass is 10.1. The van der Waals surface area contributed by atoms with Crippen LogP contribution in [0.1, 0.15) is 71.3 Å². The summed E-state index contributed by atoms with van der Waals surface area (Å²) in [4.78, 5) is 12.4. The van der Waals surface area contributed by atoms with Crippen LogP contribution in [0, 0.1) is 5.92 Å². The van der Waals surface area contributed by atoms with Gasteiger partial charge >= 0.3 is 5.97 Å². The number of hydrogen-bond acceptors (Lipinski definition) is 4. The Morgan fingerprint density at radius 2 is 1.80 bits per heavy atom. The number of phenolic OH excluding ortho intramolecular Hbond substituents is 1. The monoisotopic (exact) mass is 366 g/mol. The number of carbonyl (C=O) groups excluding carboxylic acids is 1. The van der Waals surface area contributed by atoms with E-state index in [0.29, 0.717) is 6.61 Å². The molecule has 1 N–H and O–H groups in total. The zero-order valence-electron chi connectivity index (χ0n) is 16.0. The second-order valence-electron chi connectivity index (χ2n) is 7.02. The maximum absolute atomic E-state index is 12.4. The van der Waals surface area contributed by atoms with Crippen LogP contribution in [0.15, 0.2) is 24.3 Å². The van der Waals surface area contributed by atoms with Crippen molar-refractivity contribution in [1.82, 2.24) is 0 Å². The van der Waals surface area contributed by atoms with Crippen molar-refractivity contribution in [3.8, 4) is 5.75 Å². The predicted octanol–water partition coefficient (Wildman–Crippen LogP) is 5.94. The van der Waals surface area contributed by atoms with Gasteiger partial charge in [-0.25, -0.2) is 0 Å². The molecular formula is C21H34O3S. The van der Waals surface area contributed by atoms with Gasteiger partial charge in [-0.2, -0.15) is 0 Å². The number of benzene rings is 1. The largest absolute Gasteiger partial charge is 0.508 e. The number of ether oxygens (including phenoxy) is 1. The van der Waals surface area contributed by atoms with Crippen LogP contribution in [-0.4, -0.2) is 22.9 Å². The Labute approximate surface area is 157 Å². The average molecular weight is 367 g/mol. The molecule has 1 aromatic rings. The van der Waals surface area contributed by atoms with Crippen LogP contribution < -0.4 is 0 Å². The Morgan fingerprint density at radius 3 is 2.44 bits per heavy atom. The van der Waals surface area contributed by atoms with Crippen LogP contribution in [0.4, 0.5) is 0 Å². The summed E-state index contributed by atoms with van der Waals surface area (Å²) < 4.78 is 5.52. The van der Waals surface area contributed by atoms with Crippen molar-refractivity contribution in [2.45, 2.75) is 76.7 Å². The van der Waals surface area contributed by atoms with E-state index in [2.05, 4.69) is 20.8 Å². The second kappa shape index (κ2) is 13.1. The van der Waals surface area contributed by atoms with Gasteiger partial charge in [0.25, 0.3) is 0 Å². The summed E-state index contributed by atoms with van der Waals surface area (Å²) in [6, 6.07) is 7.18. The van der Waals surface area contributed by atoms with Crippen LogP contribution in [0.5, 0.6) is 5.75 Å². The number of hydrogen-bond donors (Lipinski definition) is 1. The molecule has 0 radical (unpaired) electrons. The first-order valence-electron chi connectivity index (χ1n) is 9.59. The molecule has 0 bridgehead atoms. The van der Waals surface area contributed by atoms with E-state index in [1.165, 1.54) is 12.8 Å². The fourth-order valence-electron chi connectivity index (χ4n) is 2.54. The first kappa shape index (κ1) is 21.9. The molecular weight excluding hydrogens is 332 g/mol. The zero-order chi connectivity index (χ0) is 18.5. The van der Waals surface area contributed by atoms with Crippen LogP contribution in [0.3, 0.4) is 0 Å². The highest BCUT2D eigenvalue weighted by Crippen LogP contribution is 2.24. The molecule has 0 amide bonds. The Hall–Kier alpha value is -1.16. The Balaban J connectivity index is 2.34. The van der Waals surface area contributed by atoms with E-state index in [-0.39, 0.29) is 17.0 Å². The van der Waals surface area contributed by atoms with Gasteiger partial charge in [-0.3, -0.25) is 4.79 Å². The highest BCUT2D eigenvalue weighted by atomic mass is 32.2. The van der Waals surface area contributed by atoms with E-state index in [4.69, 9.17) is 4.74 Å². The third-order valence-electron chi connectivity index (χ3n) is 4.14. The molecule has 3 nitrogen and oxygen atoms in total. The summed E-state index contributed by atoms with van der Waals surface area (Å²) in [7, 11) is 0. The molecule has 0 spiro atoms. The van der Waals surface area contributed by atoms with Gasteiger partial charge < -0.3 is 9.84 Å². The minimum absolute atomic E-state index is 0.0684. The standard InChI is InChI=1S/C21H34O3S/c1-4-5-10-20(25-16-18-11-13-19(22)14-12-18)21(23)24-15-8-6-7-9-17(2)3/h11-14,17,20,22H,4-10,15-16H2,1-3H3. The molecule has 0 aromatic heterocycles. The molecule has 1 atom stereocenters. The number of rotatable bonds is 13. The van der Waals surface area contributed by atoms with Gasteiger partial charge in [0, 0.05) is 5.75 Å². The van der Waals surface area contributed by atoms with E-state index < -0.39 is 0 Å². The lowest BCUT2D eigenvalue weighted by Gasteiger charge is -2.16. The van der Waals surface area contributed by atoms with Gasteiger partial charge in [-0.05, 0) is 36.5 Å². The Bertz CT molecular complexity index is 471. The van der Waals surface area contributed by atoms with Crippen molar-refractivity contribution < 1.29 is 14.6 Å². The quantitative estimate of drug-likeness (QED) is 0.346. The molecule has 1 rings (SSSR count). The highest BCUT2D eigenvalue weighted by molar-refractivity contribution is 7.99. The topological polar surface area (TPSA) is 46.5 Å². The van der Waals surface area contributed by atoms with E-state index in [0.717, 1.165) is 49.3 Å². The SMILES string of the molecule is CCCCC(SCc1ccc(O)cc1)C(=O)OCCCCCC(C)C. The Morgan fingerprint density at radius 1 is 1.08 bits per heavy atom. The van der Waals surface area contributed by atoms with Crippen molar-refractivity contribution in [3.63, 3.8) is 0 Å². The normalized spacial score (nSPS) is 12.3. The molecule has 142 valence electrons. The predicted molar refractivity (Wildman–Crippen MR) is 107 cm³/mol. The summed E-state index contributed by atoms with van der Waals surface area (Å²) in [5.74, 6) is 1.71. The minimum atomic E-state index is -0.0931. The number of unbranched alkanes of at least 4 members (excludes halogenated alkanes) is 3. The molecule has 0 aliphatic carbocycles. The molecule has 25 heavy (non-hydrogen) atoms. The Kier molecular flexibility index (Phi) is 11.5. The van der Waals surface area contributed by atoms with Crippen molar-refractivity contribution in [2.75, 3.05) is 6.61 Å². The molecule has 0 saturated heterocycles. The molecule has 0 heterocycles. The molecule has 4 heteroatoms. The number of phenols is 1. The second-order valence-corrected chi connectivity index (χ2v) is 8.21. The number of carbonyl (C=O) groups is 1. The van der Waals surface area contributed by atoms with E-state index in [1.807, 2.05) is 12.1 Å². The molecule has 1 aromatic carbocycles. The first-order chi connectivity index (χ1) is 12.0. The third-order valence-corrected chi connectivity index (χ3v) is 5.47. The van der Waals surface area contributed by atoms with Crippen molar-refractivity contribution in [3.05, 3.63) is 29.8 Å². The average Bonchev–Trinajstić information content (AvgIpc) is 2.59. The summed E-state index contributed by atoms with van der Waals surface area (Å²) in [6.07, 6.45) is 7.54. The lowest BCUT2D eigenvalue weighted by molar-refractivity contribution is -0.143. The van der Waals surface area contributed by atoms with Crippen molar-refractivity contribution in [1.29, 1.82) is 0 Å². The molecule has 0 fully saturated rings. The first-order valence-corrected chi connectivity index (χ1v) is 10.6. The highest BCUT2D eigenvalue weighted by Gasteiger charge is 2.20. The van der Waals surface area contributed by atoms with Crippen molar-refractivity contribution >= 4 is 17.7 Å². The zero-order valence-corrected chi connectivity index (χ0v) is 16.8. The fraction of sp³-hybridized carbons (Fsp3) is 0.667. The van der Waals surface area contributed by atoms with Gasteiger partial charge in [0.2, 0.25) is 0 Å². The lowest BCUT2D eigenvalue weighted by Crippen LogP contribution is -2.21. The van der Waals surface area contributed by atoms with Crippen LogP contribution in [0.25, 0.3) is 0 Å². The molecule has 1 unspecified atom stereocenters. The maximum atomic E-state index is 12.4. The summed E-state index contributed by atoms with van der Waals surface area (Å²) >= 11 is 1.64. The number of esters is 1. The van der Waals surface area contributed by atoms with Crippen LogP contribution >= 0.6 is 11.8 Å². The van der Waals surface area contributed by atoms with Crippen LogP contribution in [-0.2, 0) is 15.3 Å². The van der Waals surface area contributed by atoms with Crippen LogP contribution in [0.2, 0.25) is 0 Å². The summed E-state index contributed by atoms with van der Waals surface area (Å²) in [5.41, 5.74) is 1.12. The fourth-order valence-corrected chi connectivity index (χ4v) is 3.67. The van der Waals surface area contributed by atoms with Gasteiger partial charge in [-0.1, -0.05) is 65.0 Å². The minimum Gasteiger partial charge on any atom is -0.508 e. The van der Waals surface area contributed by atoms with Gasteiger partial charge in [0.05, 0.1) is 6.61 Å². The maximum Gasteiger partial charge on any atom is 0.319 e. The molecule has 0 aliphatic heterocycles. The van der Waals surface area contributed by atoms with Crippen molar-refractivity contribution in [2.24, 2.45) is 5.92 Å². The smallest absolute Gasteiger partial charge is 0.319 e. The van der Waals surface area contributed by atoms with Gasteiger partial charge in [-0.15, -0.1) is 11.8 Å². The van der Waals surface area contributed by atoms with Gasteiger partial charge in [0.15, 0.2) is 0 Å². The molecule has 0 aliphatic rings. The summed E-state index contributed by atoms with van der Waals surface area (Å²) in [6.45, 7) is 7.16. The van der Waals surface area contributed by atoms with E-state index >= 15 is 0 Å².